The predicted molar refractivity (Wildman–Crippen MR) is 190 cm³/mol. The van der Waals surface area contributed by atoms with Gasteiger partial charge in [-0.25, -0.2) is 4.79 Å². The third kappa shape index (κ3) is 13.8. The predicted octanol–water partition coefficient (Wildman–Crippen LogP) is -2.76. The van der Waals surface area contributed by atoms with E-state index >= 15 is 0 Å². The number of likely N-dealkylation sites (tertiary alicyclic amines) is 2. The van der Waals surface area contributed by atoms with Crippen LogP contribution in [0.2, 0.25) is 0 Å². The van der Waals surface area contributed by atoms with Crippen molar-refractivity contribution in [2.75, 3.05) is 13.1 Å². The van der Waals surface area contributed by atoms with E-state index in [1.807, 2.05) is 0 Å². The van der Waals surface area contributed by atoms with E-state index in [1.165, 1.54) is 9.80 Å². The number of rotatable bonds is 21. The lowest BCUT2D eigenvalue weighted by Crippen LogP contribution is -2.60. The van der Waals surface area contributed by atoms with Crippen molar-refractivity contribution in [3.8, 4) is 0 Å². The first-order chi connectivity index (χ1) is 25.6. The number of nitrogens with one attached hydrogen (secondary N) is 4. The van der Waals surface area contributed by atoms with Gasteiger partial charge in [0.15, 0.2) is 0 Å². The van der Waals surface area contributed by atoms with Gasteiger partial charge in [0.1, 0.15) is 36.3 Å². The third-order valence-electron chi connectivity index (χ3n) is 9.26. The first-order valence-electron chi connectivity index (χ1n) is 18.2. The molecule has 0 radical (unpaired) electrons. The number of carbonyl (C=O) groups is 10. The largest absolute Gasteiger partial charge is 0.481 e. The number of aliphatic carboxylic acids is 3. The van der Waals surface area contributed by atoms with E-state index in [0.717, 1.165) is 0 Å². The van der Waals surface area contributed by atoms with Crippen LogP contribution in [0.4, 0.5) is 0 Å². The minimum Gasteiger partial charge on any atom is -0.481 e. The molecule has 0 aromatic rings. The molecule has 0 aromatic carbocycles. The topological polar surface area (TPSA) is 338 Å². The molecule has 0 bridgehead atoms. The third-order valence-corrected chi connectivity index (χ3v) is 9.26. The van der Waals surface area contributed by atoms with Crippen LogP contribution in [0.25, 0.3) is 0 Å². The minimum absolute atomic E-state index is 0.0820. The van der Waals surface area contributed by atoms with Gasteiger partial charge in [-0.1, -0.05) is 27.7 Å². The highest BCUT2D eigenvalue weighted by Gasteiger charge is 2.42. The summed E-state index contributed by atoms with van der Waals surface area (Å²) in [5.41, 5.74) is 10.9. The van der Waals surface area contributed by atoms with Gasteiger partial charge in [-0.2, -0.15) is 0 Å². The van der Waals surface area contributed by atoms with E-state index < -0.39 is 120 Å². The molecular formula is C34H54N8O13. The van der Waals surface area contributed by atoms with Crippen LogP contribution in [-0.2, 0) is 47.9 Å². The molecule has 0 unspecified atom stereocenters. The van der Waals surface area contributed by atoms with Gasteiger partial charge in [0.25, 0.3) is 0 Å². The van der Waals surface area contributed by atoms with Crippen molar-refractivity contribution in [3.05, 3.63) is 0 Å². The highest BCUT2D eigenvalue weighted by molar-refractivity contribution is 5.98. The Balaban J connectivity index is 2.24. The SMILES string of the molecule is CC(C)C[C@H](NC(=O)[C@@H](NC(=O)[C@@H]1CCCN1C(=O)[C@H](CCC(N)=O)NC(=O)[C@@H](N)CC(=O)O)C(C)C)C(=O)N1CCC[C@H]1C(=O)N[C@@H](CC(=O)O)C(=O)O. The number of amides is 7. The molecule has 2 heterocycles. The Kier molecular flexibility index (Phi) is 17.4. The van der Waals surface area contributed by atoms with Crippen molar-refractivity contribution in [1.29, 1.82) is 0 Å². The molecule has 2 fully saturated rings. The number of carboxylic acids is 3. The summed E-state index contributed by atoms with van der Waals surface area (Å²) < 4.78 is 0. The van der Waals surface area contributed by atoms with Crippen LogP contribution in [0, 0.1) is 11.8 Å². The summed E-state index contributed by atoms with van der Waals surface area (Å²) in [6.07, 6.45) is -0.947. The average molecular weight is 783 g/mol. The van der Waals surface area contributed by atoms with Crippen molar-refractivity contribution in [2.45, 2.75) is 128 Å². The minimum atomic E-state index is -1.72. The average Bonchev–Trinajstić information content (AvgIpc) is 3.77. The van der Waals surface area contributed by atoms with Gasteiger partial charge in [-0.3, -0.25) is 43.2 Å². The highest BCUT2D eigenvalue weighted by Crippen LogP contribution is 2.23. The van der Waals surface area contributed by atoms with E-state index in [-0.39, 0.29) is 51.1 Å². The molecule has 0 aromatic heterocycles. The van der Waals surface area contributed by atoms with Crippen LogP contribution in [-0.4, -0.2) is 140 Å². The zero-order valence-electron chi connectivity index (χ0n) is 31.4. The quantitative estimate of drug-likeness (QED) is 0.0570. The van der Waals surface area contributed by atoms with Crippen LogP contribution in [0.5, 0.6) is 0 Å². The molecule has 308 valence electrons. The molecule has 0 saturated carbocycles. The van der Waals surface area contributed by atoms with E-state index in [0.29, 0.717) is 12.8 Å². The van der Waals surface area contributed by atoms with Gasteiger partial charge in [0, 0.05) is 19.5 Å². The van der Waals surface area contributed by atoms with E-state index in [4.69, 9.17) is 21.7 Å². The van der Waals surface area contributed by atoms with Crippen molar-refractivity contribution < 1.29 is 63.3 Å². The Bertz CT molecular complexity index is 1490. The van der Waals surface area contributed by atoms with Gasteiger partial charge < -0.3 is 57.9 Å². The lowest BCUT2D eigenvalue weighted by molar-refractivity contribution is -0.148. The molecule has 21 heteroatoms. The number of nitrogens with two attached hydrogens (primary N) is 2. The first-order valence-corrected chi connectivity index (χ1v) is 18.2. The molecule has 2 rings (SSSR count). The summed E-state index contributed by atoms with van der Waals surface area (Å²) in [5, 5.41) is 37.3. The Morgan fingerprint density at radius 2 is 1.16 bits per heavy atom. The zero-order chi connectivity index (χ0) is 41.7. The second-order valence-electron chi connectivity index (χ2n) is 14.6. The molecule has 2 aliphatic rings. The Labute approximate surface area is 317 Å². The van der Waals surface area contributed by atoms with Crippen molar-refractivity contribution in [2.24, 2.45) is 23.3 Å². The summed E-state index contributed by atoms with van der Waals surface area (Å²) in [4.78, 5) is 128. The summed E-state index contributed by atoms with van der Waals surface area (Å²) >= 11 is 0. The van der Waals surface area contributed by atoms with Crippen LogP contribution in [0.3, 0.4) is 0 Å². The number of carboxylic acid groups (broad SMARTS) is 3. The van der Waals surface area contributed by atoms with Crippen molar-refractivity contribution in [3.63, 3.8) is 0 Å². The number of hydrogen-bond acceptors (Lipinski definition) is 11. The number of hydrogen-bond donors (Lipinski definition) is 9. The lowest BCUT2D eigenvalue weighted by atomic mass is 9.99. The molecule has 21 nitrogen and oxygen atoms in total. The lowest BCUT2D eigenvalue weighted by Gasteiger charge is -2.32. The fourth-order valence-electron chi connectivity index (χ4n) is 6.49. The fourth-order valence-corrected chi connectivity index (χ4v) is 6.49. The van der Waals surface area contributed by atoms with Crippen molar-refractivity contribution in [1.82, 2.24) is 31.1 Å². The van der Waals surface area contributed by atoms with Gasteiger partial charge in [-0.15, -0.1) is 0 Å². The first kappa shape index (κ1) is 45.8. The molecule has 0 aliphatic carbocycles. The second kappa shape index (κ2) is 20.9. The standard InChI is InChI=1S/C34H54N8O13/c1-16(2)13-20(33(53)42-12-5-7-22(42)29(49)39-21(34(54)55)15-26(46)47)38-31(51)27(17(3)4)40-30(50)23-8-6-11-41(23)32(52)19(9-10-24(36)43)37-28(48)18(35)14-25(44)45/h16-23,27H,5-15,35H2,1-4H3,(H2,36,43)(H,37,48)(H,38,51)(H,39,49)(H,40,50)(H,44,45)(H,46,47)(H,54,55)/t18-,19-,20-,21-,22-,23-,27-/m0/s1. The van der Waals surface area contributed by atoms with Gasteiger partial charge >= 0.3 is 17.9 Å². The van der Waals surface area contributed by atoms with E-state index in [1.54, 1.807) is 27.7 Å². The molecular weight excluding hydrogens is 728 g/mol. The summed E-state index contributed by atoms with van der Waals surface area (Å²) in [7, 11) is 0. The molecule has 2 saturated heterocycles. The maximum absolute atomic E-state index is 13.9. The highest BCUT2D eigenvalue weighted by atomic mass is 16.4. The molecule has 7 amide bonds. The molecule has 11 N–H and O–H groups in total. The normalized spacial score (nSPS) is 19.5. The molecule has 0 spiro atoms. The van der Waals surface area contributed by atoms with Crippen molar-refractivity contribution >= 4 is 59.3 Å². The zero-order valence-corrected chi connectivity index (χ0v) is 31.4. The summed E-state index contributed by atoms with van der Waals surface area (Å²) in [5.74, 6) is -10.4. The maximum Gasteiger partial charge on any atom is 0.326 e. The molecule has 7 atom stereocenters. The Morgan fingerprint density at radius 1 is 0.673 bits per heavy atom. The monoisotopic (exact) mass is 782 g/mol. The Hall–Kier alpha value is -5.34. The maximum atomic E-state index is 13.9. The van der Waals surface area contributed by atoms with Gasteiger partial charge in [0.2, 0.25) is 41.4 Å². The Morgan fingerprint density at radius 3 is 1.62 bits per heavy atom. The van der Waals surface area contributed by atoms with Crippen LogP contribution >= 0.6 is 0 Å². The second-order valence-corrected chi connectivity index (χ2v) is 14.6. The molecule has 2 aliphatic heterocycles. The van der Waals surface area contributed by atoms with Gasteiger partial charge in [-0.05, 0) is 50.4 Å². The van der Waals surface area contributed by atoms with Crippen LogP contribution in [0.15, 0.2) is 0 Å². The van der Waals surface area contributed by atoms with E-state index in [2.05, 4.69) is 21.3 Å². The smallest absolute Gasteiger partial charge is 0.326 e. The molecule has 55 heavy (non-hydrogen) atoms. The van der Waals surface area contributed by atoms with E-state index in [9.17, 15) is 53.1 Å². The van der Waals surface area contributed by atoms with Crippen LogP contribution < -0.4 is 32.7 Å². The summed E-state index contributed by atoms with van der Waals surface area (Å²) in [6, 6.07) is -9.20. The number of carbonyl (C=O) groups excluding carboxylic acids is 7. The number of nitrogens with zero attached hydrogens (tertiary/aromatic N) is 2. The summed E-state index contributed by atoms with van der Waals surface area (Å²) in [6.45, 7) is 7.09. The fraction of sp³-hybridized carbons (Fsp3) is 0.706. The number of primary amides is 1. The van der Waals surface area contributed by atoms with Crippen LogP contribution in [0.1, 0.15) is 85.5 Å². The van der Waals surface area contributed by atoms with Gasteiger partial charge in [0.05, 0.1) is 18.9 Å².